The van der Waals surface area contributed by atoms with Gasteiger partial charge in [0.2, 0.25) is 15.9 Å². The standard InChI is InChI=1S/C31H30ClFN4O3S/c1-36-16-15-34-30(36)19-37(31(38)26-18-24(26)21-9-12-22(32)13-10-21)23-14-11-20-5-4-7-28(25(20)17-23)35-41(39,40)29-8-3-2-6-27(29)33/h2-3,6,8-17,24,26,28,35H,4-5,7,18-19H2,1H3/t24-,26-,28-/m0/s1. The minimum atomic E-state index is -4.10. The van der Waals surface area contributed by atoms with Crippen LogP contribution in [0.5, 0.6) is 0 Å². The third-order valence-corrected chi connectivity index (χ3v) is 9.83. The van der Waals surface area contributed by atoms with Gasteiger partial charge in [0.25, 0.3) is 0 Å². The molecule has 1 N–H and O–H groups in total. The van der Waals surface area contributed by atoms with Gasteiger partial charge in [-0.2, -0.15) is 0 Å². The highest BCUT2D eigenvalue weighted by Gasteiger charge is 2.46. The molecule has 0 bridgehead atoms. The van der Waals surface area contributed by atoms with Crippen LogP contribution in [0.1, 0.15) is 53.7 Å². The Labute approximate surface area is 244 Å². The fourth-order valence-electron chi connectivity index (χ4n) is 5.72. The lowest BCUT2D eigenvalue weighted by atomic mass is 9.87. The zero-order valence-electron chi connectivity index (χ0n) is 22.5. The Balaban J connectivity index is 1.32. The fourth-order valence-corrected chi connectivity index (χ4v) is 7.18. The maximum atomic E-state index is 14.4. The molecule has 0 unspecified atom stereocenters. The van der Waals surface area contributed by atoms with E-state index in [9.17, 15) is 17.6 Å². The number of amides is 1. The average Bonchev–Trinajstić information content (AvgIpc) is 3.66. The quantitative estimate of drug-likeness (QED) is 0.276. The van der Waals surface area contributed by atoms with Gasteiger partial charge in [-0.25, -0.2) is 22.5 Å². The molecular weight excluding hydrogens is 563 g/mol. The molecule has 41 heavy (non-hydrogen) atoms. The number of aryl methyl sites for hydroxylation is 2. The van der Waals surface area contributed by atoms with Crippen molar-refractivity contribution in [3.8, 4) is 0 Å². The Morgan fingerprint density at radius 3 is 2.66 bits per heavy atom. The second-order valence-electron chi connectivity index (χ2n) is 10.8. The van der Waals surface area contributed by atoms with Gasteiger partial charge in [0, 0.05) is 42.1 Å². The summed E-state index contributed by atoms with van der Waals surface area (Å²) in [7, 11) is -2.21. The van der Waals surface area contributed by atoms with Crippen LogP contribution in [0.3, 0.4) is 0 Å². The number of rotatable bonds is 8. The predicted octanol–water partition coefficient (Wildman–Crippen LogP) is 5.91. The van der Waals surface area contributed by atoms with E-state index >= 15 is 0 Å². The Kier molecular flexibility index (Phi) is 7.44. The number of nitrogens with zero attached hydrogens (tertiary/aromatic N) is 3. The smallest absolute Gasteiger partial charge is 0.244 e. The lowest BCUT2D eigenvalue weighted by molar-refractivity contribution is -0.120. The molecule has 10 heteroatoms. The second-order valence-corrected chi connectivity index (χ2v) is 12.9. The monoisotopic (exact) mass is 592 g/mol. The first-order valence-electron chi connectivity index (χ1n) is 13.6. The van der Waals surface area contributed by atoms with E-state index in [-0.39, 0.29) is 29.2 Å². The number of carbonyl (C=O) groups is 1. The van der Waals surface area contributed by atoms with Crippen LogP contribution < -0.4 is 9.62 Å². The SMILES string of the molecule is Cn1ccnc1CN(C(=O)[C@H]1C[C@H]1c1ccc(Cl)cc1)c1ccc2c(c1)[C@@H](NS(=O)(=O)c1ccccc1F)CCC2. The summed E-state index contributed by atoms with van der Waals surface area (Å²) < 4.78 is 45.3. The summed E-state index contributed by atoms with van der Waals surface area (Å²) in [6.07, 6.45) is 6.43. The Morgan fingerprint density at radius 2 is 1.93 bits per heavy atom. The van der Waals surface area contributed by atoms with E-state index in [1.807, 2.05) is 60.3 Å². The zero-order chi connectivity index (χ0) is 28.7. The zero-order valence-corrected chi connectivity index (χ0v) is 24.1. The van der Waals surface area contributed by atoms with E-state index in [1.54, 1.807) is 11.1 Å². The summed E-state index contributed by atoms with van der Waals surface area (Å²) in [5.74, 6) is -0.135. The fraction of sp³-hybridized carbons (Fsp3) is 0.290. The van der Waals surface area contributed by atoms with Gasteiger partial charge in [-0.15, -0.1) is 0 Å². The maximum absolute atomic E-state index is 14.4. The molecule has 2 aliphatic rings. The molecular formula is C31H30ClFN4O3S. The number of nitrogens with one attached hydrogen (secondary N) is 1. The van der Waals surface area contributed by atoms with Gasteiger partial charge in [0.1, 0.15) is 16.5 Å². The third kappa shape index (κ3) is 5.66. The van der Waals surface area contributed by atoms with Crippen LogP contribution in [-0.2, 0) is 34.8 Å². The molecule has 1 saturated carbocycles. The highest BCUT2D eigenvalue weighted by molar-refractivity contribution is 7.89. The van der Waals surface area contributed by atoms with Crippen LogP contribution in [0.2, 0.25) is 5.02 Å². The van der Waals surface area contributed by atoms with Crippen molar-refractivity contribution in [2.45, 2.75) is 49.1 Å². The Morgan fingerprint density at radius 1 is 1.15 bits per heavy atom. The maximum Gasteiger partial charge on any atom is 0.244 e. The van der Waals surface area contributed by atoms with Crippen LogP contribution in [-0.4, -0.2) is 23.9 Å². The van der Waals surface area contributed by atoms with Crippen molar-refractivity contribution >= 4 is 33.2 Å². The molecule has 3 atom stereocenters. The van der Waals surface area contributed by atoms with Gasteiger partial charge in [-0.05, 0) is 84.7 Å². The molecule has 1 fully saturated rings. The van der Waals surface area contributed by atoms with Crippen LogP contribution in [0, 0.1) is 11.7 Å². The molecule has 1 amide bonds. The van der Waals surface area contributed by atoms with E-state index in [4.69, 9.17) is 11.6 Å². The number of hydrogen-bond donors (Lipinski definition) is 1. The normalized spacial score (nSPS) is 19.9. The number of anilines is 1. The van der Waals surface area contributed by atoms with Crippen molar-refractivity contribution in [2.75, 3.05) is 4.90 Å². The van der Waals surface area contributed by atoms with Crippen molar-refractivity contribution in [2.24, 2.45) is 13.0 Å². The van der Waals surface area contributed by atoms with Crippen molar-refractivity contribution in [3.05, 3.63) is 112 Å². The Bertz CT molecular complexity index is 1710. The first-order chi connectivity index (χ1) is 19.7. The predicted molar refractivity (Wildman–Crippen MR) is 156 cm³/mol. The van der Waals surface area contributed by atoms with Crippen LogP contribution in [0.4, 0.5) is 10.1 Å². The van der Waals surface area contributed by atoms with Gasteiger partial charge >= 0.3 is 0 Å². The number of benzene rings is 3. The summed E-state index contributed by atoms with van der Waals surface area (Å²) in [4.78, 5) is 19.8. The highest BCUT2D eigenvalue weighted by atomic mass is 35.5. The van der Waals surface area contributed by atoms with Crippen LogP contribution in [0.15, 0.2) is 84.0 Å². The highest BCUT2D eigenvalue weighted by Crippen LogP contribution is 2.49. The molecule has 4 aromatic rings. The van der Waals surface area contributed by atoms with Gasteiger partial charge < -0.3 is 9.47 Å². The average molecular weight is 593 g/mol. The topological polar surface area (TPSA) is 84.3 Å². The van der Waals surface area contributed by atoms with Gasteiger partial charge in [-0.3, -0.25) is 4.79 Å². The van der Waals surface area contributed by atoms with Gasteiger partial charge in [-0.1, -0.05) is 41.9 Å². The van der Waals surface area contributed by atoms with E-state index in [1.165, 1.54) is 18.2 Å². The molecule has 7 nitrogen and oxygen atoms in total. The number of halogens is 2. The third-order valence-electron chi connectivity index (χ3n) is 8.07. The van der Waals surface area contributed by atoms with Crippen molar-refractivity contribution in [1.82, 2.24) is 14.3 Å². The number of sulfonamides is 1. The lowest BCUT2D eigenvalue weighted by Crippen LogP contribution is -2.34. The second kappa shape index (κ2) is 11.0. The summed E-state index contributed by atoms with van der Waals surface area (Å²) >= 11 is 6.07. The molecule has 0 spiro atoms. The summed E-state index contributed by atoms with van der Waals surface area (Å²) in [6, 6.07) is 18.2. The molecule has 3 aromatic carbocycles. The minimum absolute atomic E-state index is 0.00723. The van der Waals surface area contributed by atoms with Crippen molar-refractivity contribution in [1.29, 1.82) is 0 Å². The van der Waals surface area contributed by atoms with E-state index in [0.29, 0.717) is 17.1 Å². The summed E-state index contributed by atoms with van der Waals surface area (Å²) in [5, 5.41) is 0.655. The van der Waals surface area contributed by atoms with Crippen LogP contribution in [0.25, 0.3) is 0 Å². The van der Waals surface area contributed by atoms with Gasteiger partial charge in [0.15, 0.2) is 0 Å². The molecule has 0 radical (unpaired) electrons. The van der Waals surface area contributed by atoms with E-state index < -0.39 is 21.9 Å². The number of carbonyl (C=O) groups excluding carboxylic acids is 1. The van der Waals surface area contributed by atoms with Crippen molar-refractivity contribution in [3.63, 3.8) is 0 Å². The number of hydrogen-bond acceptors (Lipinski definition) is 4. The van der Waals surface area contributed by atoms with Crippen molar-refractivity contribution < 1.29 is 17.6 Å². The lowest BCUT2D eigenvalue weighted by Gasteiger charge is -2.29. The first kappa shape index (κ1) is 27.6. The first-order valence-corrected chi connectivity index (χ1v) is 15.5. The molecule has 212 valence electrons. The number of aromatic nitrogens is 2. The van der Waals surface area contributed by atoms with E-state index in [2.05, 4.69) is 9.71 Å². The van der Waals surface area contributed by atoms with Crippen LogP contribution >= 0.6 is 11.6 Å². The number of imidazole rings is 1. The van der Waals surface area contributed by atoms with Gasteiger partial charge in [0.05, 0.1) is 6.54 Å². The molecule has 0 saturated heterocycles. The molecule has 1 heterocycles. The summed E-state index contributed by atoms with van der Waals surface area (Å²) in [5.41, 5.74) is 3.57. The molecule has 6 rings (SSSR count). The molecule has 2 aliphatic carbocycles. The van der Waals surface area contributed by atoms with E-state index in [0.717, 1.165) is 47.8 Å². The minimum Gasteiger partial charge on any atom is -0.337 e. The Hall–Kier alpha value is -3.53. The number of fused-ring (bicyclic) bond motifs is 1. The largest absolute Gasteiger partial charge is 0.337 e. The molecule has 1 aromatic heterocycles. The summed E-state index contributed by atoms with van der Waals surface area (Å²) in [6.45, 7) is 0.274. The molecule has 0 aliphatic heterocycles.